The molecule has 0 saturated carbocycles. The number of rotatable bonds is 3. The first-order chi connectivity index (χ1) is 7.71. The van der Waals surface area contributed by atoms with Crippen molar-refractivity contribution in [2.45, 2.75) is 4.90 Å². The molecule has 0 aliphatic rings. The Morgan fingerprint density at radius 1 is 1.19 bits per heavy atom. The number of allylic oxidation sites excluding steroid dienone is 1. The third kappa shape index (κ3) is 3.50. The summed E-state index contributed by atoms with van der Waals surface area (Å²) in [6.07, 6.45) is 1.84. The molecule has 0 amide bonds. The van der Waals surface area contributed by atoms with Crippen molar-refractivity contribution in [3.63, 3.8) is 0 Å². The number of thioether (sulfide) groups is 2. The smallest absolute Gasteiger partial charge is 0.149 e. The van der Waals surface area contributed by atoms with Gasteiger partial charge in [-0.25, -0.2) is 0 Å². The van der Waals surface area contributed by atoms with E-state index in [2.05, 4.69) is 0 Å². The minimum absolute atomic E-state index is 0.146. The summed E-state index contributed by atoms with van der Waals surface area (Å²) in [6.45, 7) is 0. The molecule has 0 radical (unpaired) electrons. The first-order valence-electron chi connectivity index (χ1n) is 4.23. The summed E-state index contributed by atoms with van der Waals surface area (Å²) in [6, 6.07) is 11.0. The fourth-order valence-electron chi connectivity index (χ4n) is 0.921. The van der Waals surface area contributed by atoms with Crippen LogP contribution in [0.25, 0.3) is 0 Å². The normalized spacial score (nSPS) is 9.00. The predicted molar refractivity (Wildman–Crippen MR) is 69.1 cm³/mol. The van der Waals surface area contributed by atoms with Crippen LogP contribution in [-0.4, -0.2) is 6.26 Å². The van der Waals surface area contributed by atoms with Crippen LogP contribution < -0.4 is 0 Å². The highest BCUT2D eigenvalue weighted by Gasteiger charge is 2.07. The van der Waals surface area contributed by atoms with E-state index < -0.39 is 0 Å². The van der Waals surface area contributed by atoms with Crippen molar-refractivity contribution < 1.29 is 0 Å². The quantitative estimate of drug-likeness (QED) is 0.612. The summed E-state index contributed by atoms with van der Waals surface area (Å²) in [7, 11) is 0. The van der Waals surface area contributed by atoms with Crippen molar-refractivity contribution in [1.82, 2.24) is 0 Å². The summed E-state index contributed by atoms with van der Waals surface area (Å²) < 4.78 is 0.701. The van der Waals surface area contributed by atoms with Crippen LogP contribution in [0.2, 0.25) is 5.02 Å². The van der Waals surface area contributed by atoms with Crippen molar-refractivity contribution in [1.29, 1.82) is 10.5 Å². The highest BCUT2D eigenvalue weighted by Crippen LogP contribution is 2.35. The lowest BCUT2D eigenvalue weighted by molar-refractivity contribution is 1.45. The Labute approximate surface area is 108 Å². The lowest BCUT2D eigenvalue weighted by Crippen LogP contribution is -1.79. The first kappa shape index (κ1) is 13.0. The number of halogens is 1. The zero-order valence-electron chi connectivity index (χ0n) is 8.40. The summed E-state index contributed by atoms with van der Waals surface area (Å²) in [5.74, 6) is 0. The van der Waals surface area contributed by atoms with Gasteiger partial charge >= 0.3 is 0 Å². The molecule has 5 heteroatoms. The van der Waals surface area contributed by atoms with Gasteiger partial charge in [-0.1, -0.05) is 23.4 Å². The minimum atomic E-state index is 0.146. The van der Waals surface area contributed by atoms with Crippen LogP contribution in [0.15, 0.2) is 39.0 Å². The predicted octanol–water partition coefficient (Wildman–Crippen LogP) is 4.05. The number of hydrogen-bond donors (Lipinski definition) is 0. The zero-order valence-corrected chi connectivity index (χ0v) is 10.8. The number of nitrogens with zero attached hydrogens (tertiary/aromatic N) is 2. The molecule has 16 heavy (non-hydrogen) atoms. The maximum Gasteiger partial charge on any atom is 0.149 e. The van der Waals surface area contributed by atoms with Gasteiger partial charge in [-0.3, -0.25) is 0 Å². The van der Waals surface area contributed by atoms with Crippen LogP contribution >= 0.6 is 35.1 Å². The molecule has 1 rings (SSSR count). The summed E-state index contributed by atoms with van der Waals surface area (Å²) in [5.41, 5.74) is 0.146. The van der Waals surface area contributed by atoms with E-state index in [1.807, 2.05) is 30.5 Å². The maximum atomic E-state index is 8.77. The average Bonchev–Trinajstić information content (AvgIpc) is 2.32. The third-order valence-corrected chi connectivity index (χ3v) is 4.11. The number of benzene rings is 1. The van der Waals surface area contributed by atoms with Gasteiger partial charge in [0.05, 0.1) is 4.24 Å². The molecule has 1 aromatic carbocycles. The molecule has 0 bridgehead atoms. The van der Waals surface area contributed by atoms with Crippen molar-refractivity contribution in [2.75, 3.05) is 6.26 Å². The molecule has 0 aliphatic carbocycles. The second kappa shape index (κ2) is 6.50. The first-order valence-corrected chi connectivity index (χ1v) is 6.65. The van der Waals surface area contributed by atoms with Gasteiger partial charge < -0.3 is 0 Å². The van der Waals surface area contributed by atoms with Gasteiger partial charge in [0.15, 0.2) is 0 Å². The monoisotopic (exact) mass is 266 g/mol. The van der Waals surface area contributed by atoms with E-state index in [1.54, 1.807) is 12.1 Å². The van der Waals surface area contributed by atoms with Gasteiger partial charge in [0.2, 0.25) is 0 Å². The van der Waals surface area contributed by atoms with Gasteiger partial charge in [-0.2, -0.15) is 10.5 Å². The molecule has 1 aromatic rings. The second-order valence-corrected chi connectivity index (χ2v) is 5.24. The minimum Gasteiger partial charge on any atom is -0.192 e. The van der Waals surface area contributed by atoms with Gasteiger partial charge in [-0.05, 0) is 30.5 Å². The van der Waals surface area contributed by atoms with Crippen molar-refractivity contribution >= 4 is 35.1 Å². The Bertz CT molecular complexity index is 464. The SMILES string of the molecule is CSC(Sc1ccc(Cl)cc1)=C(C#N)C#N. The van der Waals surface area contributed by atoms with Gasteiger partial charge in [-0.15, -0.1) is 11.8 Å². The fraction of sp³-hybridized carbons (Fsp3) is 0.0909. The third-order valence-electron chi connectivity index (χ3n) is 1.64. The molecule has 0 aromatic heterocycles. The summed E-state index contributed by atoms with van der Waals surface area (Å²) >= 11 is 8.55. The Morgan fingerprint density at radius 3 is 2.19 bits per heavy atom. The molecule has 80 valence electrons. The largest absolute Gasteiger partial charge is 0.192 e. The molecule has 0 heterocycles. The van der Waals surface area contributed by atoms with Crippen molar-refractivity contribution in [3.05, 3.63) is 39.1 Å². The van der Waals surface area contributed by atoms with Crippen LogP contribution in [0.3, 0.4) is 0 Å². The van der Waals surface area contributed by atoms with Crippen molar-refractivity contribution in [2.24, 2.45) is 0 Å². The molecule has 0 N–H and O–H groups in total. The molecular formula is C11H7ClN2S2. The Kier molecular flexibility index (Phi) is 5.28. The Balaban J connectivity index is 2.96. The van der Waals surface area contributed by atoms with Crippen molar-refractivity contribution in [3.8, 4) is 12.1 Å². The molecule has 0 spiro atoms. The van der Waals surface area contributed by atoms with E-state index in [4.69, 9.17) is 22.1 Å². The molecular weight excluding hydrogens is 260 g/mol. The molecule has 0 atom stereocenters. The molecule has 2 nitrogen and oxygen atoms in total. The molecule has 0 unspecified atom stereocenters. The van der Waals surface area contributed by atoms with E-state index in [0.29, 0.717) is 9.26 Å². The standard InChI is InChI=1S/C11H7ClN2S2/c1-15-11(8(6-13)7-14)16-10-4-2-9(12)3-5-10/h2-5H,1H3. The van der Waals surface area contributed by atoms with E-state index >= 15 is 0 Å². The van der Waals surface area contributed by atoms with E-state index in [9.17, 15) is 0 Å². The molecule has 0 aliphatic heterocycles. The van der Waals surface area contributed by atoms with E-state index in [-0.39, 0.29) is 5.57 Å². The highest BCUT2D eigenvalue weighted by atomic mass is 35.5. The average molecular weight is 267 g/mol. The Hall–Kier alpha value is -1.07. The van der Waals surface area contributed by atoms with Gasteiger partial charge in [0.25, 0.3) is 0 Å². The lowest BCUT2D eigenvalue weighted by atomic mass is 10.4. The van der Waals surface area contributed by atoms with Crippen LogP contribution in [0.5, 0.6) is 0 Å². The lowest BCUT2D eigenvalue weighted by Gasteiger charge is -2.03. The van der Waals surface area contributed by atoms with Crippen LogP contribution in [-0.2, 0) is 0 Å². The van der Waals surface area contributed by atoms with Crippen LogP contribution in [0, 0.1) is 22.7 Å². The van der Waals surface area contributed by atoms with Crippen LogP contribution in [0.1, 0.15) is 0 Å². The summed E-state index contributed by atoms with van der Waals surface area (Å²) in [5, 5.41) is 18.2. The fourth-order valence-corrected chi connectivity index (χ4v) is 2.64. The Morgan fingerprint density at radius 2 is 1.75 bits per heavy atom. The highest BCUT2D eigenvalue weighted by molar-refractivity contribution is 8.22. The number of nitriles is 2. The number of hydrogen-bond acceptors (Lipinski definition) is 4. The maximum absolute atomic E-state index is 8.77. The van der Waals surface area contributed by atoms with Crippen LogP contribution in [0.4, 0.5) is 0 Å². The van der Waals surface area contributed by atoms with E-state index in [0.717, 1.165) is 4.90 Å². The summed E-state index contributed by atoms with van der Waals surface area (Å²) in [4.78, 5) is 0.955. The topological polar surface area (TPSA) is 47.6 Å². The second-order valence-electron chi connectivity index (χ2n) is 2.65. The van der Waals surface area contributed by atoms with Gasteiger partial charge in [0.1, 0.15) is 17.7 Å². The van der Waals surface area contributed by atoms with E-state index in [1.165, 1.54) is 23.5 Å². The zero-order chi connectivity index (χ0) is 12.0. The van der Waals surface area contributed by atoms with Gasteiger partial charge in [0, 0.05) is 9.92 Å². The molecule has 0 saturated heterocycles. The molecule has 0 fully saturated rings.